The number of rotatable bonds is 4. The van der Waals surface area contributed by atoms with Gasteiger partial charge in [0.2, 0.25) is 0 Å². The van der Waals surface area contributed by atoms with Crippen molar-refractivity contribution in [2.75, 3.05) is 11.9 Å². The molecule has 1 aromatic heterocycles. The van der Waals surface area contributed by atoms with Gasteiger partial charge < -0.3 is 15.2 Å². The van der Waals surface area contributed by atoms with Gasteiger partial charge in [-0.1, -0.05) is 17.7 Å². The molecule has 0 aliphatic carbocycles. The van der Waals surface area contributed by atoms with Crippen LogP contribution in [0.4, 0.5) is 23.7 Å². The average molecular weight is 424 g/mol. The van der Waals surface area contributed by atoms with Crippen molar-refractivity contribution < 1.29 is 18.0 Å². The van der Waals surface area contributed by atoms with Gasteiger partial charge in [-0.15, -0.1) is 0 Å². The molecule has 0 bridgehead atoms. The van der Waals surface area contributed by atoms with Crippen molar-refractivity contribution in [1.29, 1.82) is 0 Å². The minimum Gasteiger partial charge on any atom is -0.328 e. The van der Waals surface area contributed by atoms with Crippen molar-refractivity contribution in [1.82, 2.24) is 9.88 Å². The maximum Gasteiger partial charge on any atom is 0.322 e. The number of nitrogens with zero attached hydrogens (tertiary/aromatic N) is 1. The van der Waals surface area contributed by atoms with E-state index in [-0.39, 0.29) is 17.0 Å². The van der Waals surface area contributed by atoms with Gasteiger partial charge in [-0.2, -0.15) is 0 Å². The fourth-order valence-electron chi connectivity index (χ4n) is 3.18. The third-order valence-corrected chi connectivity index (χ3v) is 4.97. The standard InChI is InChI=1S/C20H17ClF3N3O2/c1-3-27(20(29)26-11-4-6-15(22)14(21)8-11)10(2)13-9-25-19(28)17-12(13)5-7-16(23)18(17)24/h4-10H,3H2,1-2H3,(H,25,28)(H,26,29)/t10-/m1/s1. The van der Waals surface area contributed by atoms with Crippen LogP contribution >= 0.6 is 11.6 Å². The summed E-state index contributed by atoms with van der Waals surface area (Å²) in [5, 5.41) is 2.28. The number of H-pyrrole nitrogens is 1. The number of aromatic nitrogens is 1. The normalized spacial score (nSPS) is 12.1. The number of nitrogens with one attached hydrogen (secondary N) is 2. The van der Waals surface area contributed by atoms with Gasteiger partial charge in [-0.3, -0.25) is 4.79 Å². The van der Waals surface area contributed by atoms with Crippen LogP contribution in [0.3, 0.4) is 0 Å². The number of hydrogen-bond donors (Lipinski definition) is 2. The molecule has 152 valence electrons. The zero-order valence-corrected chi connectivity index (χ0v) is 16.3. The zero-order chi connectivity index (χ0) is 21.3. The number of benzene rings is 2. The largest absolute Gasteiger partial charge is 0.328 e. The summed E-state index contributed by atoms with van der Waals surface area (Å²) in [6.07, 6.45) is 1.37. The molecule has 29 heavy (non-hydrogen) atoms. The molecule has 5 nitrogen and oxygen atoms in total. The van der Waals surface area contributed by atoms with Gasteiger partial charge in [0.05, 0.1) is 16.5 Å². The lowest BCUT2D eigenvalue weighted by Gasteiger charge is -2.29. The lowest BCUT2D eigenvalue weighted by molar-refractivity contribution is 0.197. The Balaban J connectivity index is 1.97. The first-order chi connectivity index (χ1) is 13.7. The first kappa shape index (κ1) is 20.7. The highest BCUT2D eigenvalue weighted by molar-refractivity contribution is 6.31. The summed E-state index contributed by atoms with van der Waals surface area (Å²) in [6.45, 7) is 3.70. The first-order valence-corrected chi connectivity index (χ1v) is 9.14. The van der Waals surface area contributed by atoms with Gasteiger partial charge in [-0.25, -0.2) is 18.0 Å². The Morgan fingerprint density at radius 2 is 1.90 bits per heavy atom. The predicted octanol–water partition coefficient (Wildman–Crippen LogP) is 5.21. The predicted molar refractivity (Wildman–Crippen MR) is 106 cm³/mol. The number of halogens is 4. The molecule has 0 saturated heterocycles. The summed E-state index contributed by atoms with van der Waals surface area (Å²) in [4.78, 5) is 28.6. The van der Waals surface area contributed by atoms with E-state index in [4.69, 9.17) is 11.6 Å². The van der Waals surface area contributed by atoms with Crippen LogP contribution in [-0.4, -0.2) is 22.5 Å². The van der Waals surface area contributed by atoms with E-state index in [0.29, 0.717) is 11.3 Å². The number of hydrogen-bond acceptors (Lipinski definition) is 2. The molecule has 3 rings (SSSR count). The van der Waals surface area contributed by atoms with Crippen LogP contribution in [0.25, 0.3) is 10.8 Å². The number of carbonyl (C=O) groups excluding carboxylic acids is 1. The fourth-order valence-corrected chi connectivity index (χ4v) is 3.36. The summed E-state index contributed by atoms with van der Waals surface area (Å²) < 4.78 is 41.1. The Morgan fingerprint density at radius 1 is 1.21 bits per heavy atom. The molecule has 2 amide bonds. The van der Waals surface area contributed by atoms with Crippen LogP contribution in [0.1, 0.15) is 25.5 Å². The number of carbonyl (C=O) groups is 1. The molecule has 0 spiro atoms. The Labute approximate surface area is 169 Å². The second-order valence-electron chi connectivity index (χ2n) is 6.38. The second kappa shape index (κ2) is 8.16. The molecule has 0 saturated carbocycles. The van der Waals surface area contributed by atoms with Crippen LogP contribution in [0.2, 0.25) is 5.02 Å². The van der Waals surface area contributed by atoms with E-state index in [0.717, 1.165) is 12.1 Å². The van der Waals surface area contributed by atoms with Gasteiger partial charge in [0.25, 0.3) is 5.56 Å². The molecule has 1 heterocycles. The van der Waals surface area contributed by atoms with E-state index >= 15 is 0 Å². The number of aromatic amines is 1. The Kier molecular flexibility index (Phi) is 5.83. The molecule has 2 N–H and O–H groups in total. The quantitative estimate of drug-likeness (QED) is 0.604. The zero-order valence-electron chi connectivity index (χ0n) is 15.5. The van der Waals surface area contributed by atoms with E-state index in [2.05, 4.69) is 10.3 Å². The summed E-state index contributed by atoms with van der Waals surface area (Å²) in [6, 6.07) is 4.91. The van der Waals surface area contributed by atoms with Crippen LogP contribution in [0.5, 0.6) is 0 Å². The van der Waals surface area contributed by atoms with Crippen LogP contribution in [0, 0.1) is 17.5 Å². The highest BCUT2D eigenvalue weighted by Crippen LogP contribution is 2.29. The van der Waals surface area contributed by atoms with Crippen molar-refractivity contribution in [2.24, 2.45) is 0 Å². The minimum absolute atomic E-state index is 0.136. The van der Waals surface area contributed by atoms with E-state index in [1.165, 1.54) is 29.3 Å². The highest BCUT2D eigenvalue weighted by Gasteiger charge is 2.24. The summed E-state index contributed by atoms with van der Waals surface area (Å²) in [5.41, 5.74) is -0.0273. The molecule has 0 aliphatic rings. The third-order valence-electron chi connectivity index (χ3n) is 4.68. The van der Waals surface area contributed by atoms with E-state index in [9.17, 15) is 22.8 Å². The Morgan fingerprint density at radius 3 is 2.55 bits per heavy atom. The molecule has 3 aromatic rings. The van der Waals surface area contributed by atoms with E-state index in [1.54, 1.807) is 13.8 Å². The molecule has 2 aromatic carbocycles. The van der Waals surface area contributed by atoms with Crippen molar-refractivity contribution in [3.63, 3.8) is 0 Å². The molecular weight excluding hydrogens is 407 g/mol. The molecule has 1 atom stereocenters. The van der Waals surface area contributed by atoms with Gasteiger partial charge in [0.15, 0.2) is 11.6 Å². The Bertz CT molecular complexity index is 1150. The topological polar surface area (TPSA) is 65.2 Å². The van der Waals surface area contributed by atoms with Crippen LogP contribution in [-0.2, 0) is 0 Å². The summed E-state index contributed by atoms with van der Waals surface area (Å²) in [7, 11) is 0. The lowest BCUT2D eigenvalue weighted by atomic mass is 10.0. The number of fused-ring (bicyclic) bond motifs is 1. The minimum atomic E-state index is -1.24. The molecular formula is C20H17ClF3N3O2. The summed E-state index contributed by atoms with van der Waals surface area (Å²) in [5.74, 6) is -2.99. The summed E-state index contributed by atoms with van der Waals surface area (Å²) >= 11 is 5.74. The SMILES string of the molecule is CCN(C(=O)Nc1ccc(F)c(Cl)c1)[C@H](C)c1c[nH]c(=O)c2c(F)c(F)ccc12. The van der Waals surface area contributed by atoms with Gasteiger partial charge in [0.1, 0.15) is 5.82 Å². The first-order valence-electron chi connectivity index (χ1n) is 8.76. The molecule has 0 unspecified atom stereocenters. The molecule has 0 aliphatic heterocycles. The number of urea groups is 1. The molecule has 9 heteroatoms. The van der Waals surface area contributed by atoms with Crippen LogP contribution in [0.15, 0.2) is 41.3 Å². The monoisotopic (exact) mass is 423 g/mol. The number of amides is 2. The molecule has 0 radical (unpaired) electrons. The maximum atomic E-state index is 14.2. The van der Waals surface area contributed by atoms with Crippen molar-refractivity contribution in [2.45, 2.75) is 19.9 Å². The third kappa shape index (κ3) is 3.93. The van der Waals surface area contributed by atoms with E-state index in [1.807, 2.05) is 0 Å². The second-order valence-corrected chi connectivity index (χ2v) is 6.79. The fraction of sp³-hybridized carbons (Fsp3) is 0.200. The van der Waals surface area contributed by atoms with Crippen LogP contribution < -0.4 is 10.9 Å². The highest BCUT2D eigenvalue weighted by atomic mass is 35.5. The van der Waals surface area contributed by atoms with Gasteiger partial charge in [-0.05, 0) is 49.1 Å². The lowest BCUT2D eigenvalue weighted by Crippen LogP contribution is -2.37. The smallest absolute Gasteiger partial charge is 0.322 e. The van der Waals surface area contributed by atoms with Crippen molar-refractivity contribution in [3.05, 3.63) is 74.9 Å². The maximum absolute atomic E-state index is 14.2. The van der Waals surface area contributed by atoms with Crippen molar-refractivity contribution in [3.8, 4) is 0 Å². The van der Waals surface area contributed by atoms with E-state index < -0.39 is 40.5 Å². The van der Waals surface area contributed by atoms with Crippen molar-refractivity contribution >= 4 is 34.1 Å². The van der Waals surface area contributed by atoms with Gasteiger partial charge in [0, 0.05) is 18.4 Å². The number of anilines is 1. The average Bonchev–Trinajstić information content (AvgIpc) is 2.68. The number of pyridine rings is 1. The van der Waals surface area contributed by atoms with Gasteiger partial charge >= 0.3 is 6.03 Å². The Hall–Kier alpha value is -3.00. The molecule has 0 fully saturated rings.